The molecule has 1 rings (SSSR count). The molecule has 0 fully saturated rings. The SMILES string of the molecule is CCCCCCCCOc1c(C)cc(C(=O)O)cc1C. The van der Waals surface area contributed by atoms with Crippen molar-refractivity contribution >= 4 is 5.97 Å². The van der Waals surface area contributed by atoms with Crippen molar-refractivity contribution in [3.05, 3.63) is 28.8 Å². The molecule has 0 bridgehead atoms. The van der Waals surface area contributed by atoms with Gasteiger partial charge in [-0.3, -0.25) is 0 Å². The molecular weight excluding hydrogens is 252 g/mol. The van der Waals surface area contributed by atoms with Crippen molar-refractivity contribution in [2.75, 3.05) is 6.61 Å². The molecule has 1 aromatic rings. The molecule has 0 atom stereocenters. The van der Waals surface area contributed by atoms with Crippen LogP contribution < -0.4 is 4.74 Å². The summed E-state index contributed by atoms with van der Waals surface area (Å²) in [5.74, 6) is -0.0535. The molecule has 0 saturated heterocycles. The van der Waals surface area contributed by atoms with E-state index in [2.05, 4.69) is 6.92 Å². The van der Waals surface area contributed by atoms with Crippen molar-refractivity contribution in [1.29, 1.82) is 0 Å². The van der Waals surface area contributed by atoms with Crippen LogP contribution in [0.4, 0.5) is 0 Å². The topological polar surface area (TPSA) is 46.5 Å². The lowest BCUT2D eigenvalue weighted by atomic mass is 10.1. The molecule has 1 N–H and O–H groups in total. The number of carboxylic acids is 1. The number of unbranched alkanes of at least 4 members (excludes halogenated alkanes) is 5. The highest BCUT2D eigenvalue weighted by atomic mass is 16.5. The van der Waals surface area contributed by atoms with E-state index in [4.69, 9.17) is 9.84 Å². The van der Waals surface area contributed by atoms with Crippen LogP contribution in [0, 0.1) is 13.8 Å². The Kier molecular flexibility index (Phi) is 7.13. The maximum atomic E-state index is 11.0. The van der Waals surface area contributed by atoms with Crippen LogP contribution >= 0.6 is 0 Å². The summed E-state index contributed by atoms with van der Waals surface area (Å²) in [6.07, 6.45) is 7.42. The standard InChI is InChI=1S/C17H26O3/c1-4-5-6-7-8-9-10-20-16-13(2)11-15(17(18)19)12-14(16)3/h11-12H,4-10H2,1-3H3,(H,18,19). The van der Waals surface area contributed by atoms with Crippen molar-refractivity contribution in [2.45, 2.75) is 59.3 Å². The molecular formula is C17H26O3. The second kappa shape index (κ2) is 8.62. The second-order valence-electron chi connectivity index (χ2n) is 5.36. The zero-order chi connectivity index (χ0) is 15.0. The first-order valence-corrected chi connectivity index (χ1v) is 7.53. The van der Waals surface area contributed by atoms with Crippen LogP contribution in [0.15, 0.2) is 12.1 Å². The van der Waals surface area contributed by atoms with Gasteiger partial charge in [0, 0.05) is 0 Å². The van der Waals surface area contributed by atoms with Crippen LogP contribution in [0.3, 0.4) is 0 Å². The van der Waals surface area contributed by atoms with Gasteiger partial charge >= 0.3 is 5.97 Å². The molecule has 0 aromatic heterocycles. The van der Waals surface area contributed by atoms with Crippen LogP contribution in [0.2, 0.25) is 0 Å². The highest BCUT2D eigenvalue weighted by Crippen LogP contribution is 2.25. The summed E-state index contributed by atoms with van der Waals surface area (Å²) in [7, 11) is 0. The number of hydrogen-bond donors (Lipinski definition) is 1. The lowest BCUT2D eigenvalue weighted by molar-refractivity contribution is 0.0696. The van der Waals surface area contributed by atoms with E-state index in [0.717, 1.165) is 23.3 Å². The molecule has 20 heavy (non-hydrogen) atoms. The molecule has 0 radical (unpaired) electrons. The Labute approximate surface area is 122 Å². The van der Waals surface area contributed by atoms with E-state index in [0.29, 0.717) is 12.2 Å². The molecule has 0 spiro atoms. The maximum absolute atomic E-state index is 11.0. The predicted octanol–water partition coefficient (Wildman–Crippen LogP) is 4.74. The number of hydrogen-bond acceptors (Lipinski definition) is 2. The molecule has 3 heteroatoms. The van der Waals surface area contributed by atoms with E-state index in [1.54, 1.807) is 12.1 Å². The van der Waals surface area contributed by atoms with Crippen LogP contribution in [-0.4, -0.2) is 17.7 Å². The number of carboxylic acid groups (broad SMARTS) is 1. The zero-order valence-electron chi connectivity index (χ0n) is 12.9. The minimum Gasteiger partial charge on any atom is -0.493 e. The number of aromatic carboxylic acids is 1. The van der Waals surface area contributed by atoms with E-state index < -0.39 is 5.97 Å². The van der Waals surface area contributed by atoms with Crippen LogP contribution in [0.5, 0.6) is 5.75 Å². The third-order valence-electron chi connectivity index (χ3n) is 3.45. The maximum Gasteiger partial charge on any atom is 0.335 e. The summed E-state index contributed by atoms with van der Waals surface area (Å²) in [5, 5.41) is 9.00. The van der Waals surface area contributed by atoms with Gasteiger partial charge in [0.15, 0.2) is 0 Å². The number of benzene rings is 1. The van der Waals surface area contributed by atoms with Gasteiger partial charge in [0.05, 0.1) is 12.2 Å². The van der Waals surface area contributed by atoms with E-state index in [-0.39, 0.29) is 0 Å². The lowest BCUT2D eigenvalue weighted by Crippen LogP contribution is -2.04. The Morgan fingerprint density at radius 1 is 1.05 bits per heavy atom. The first kappa shape index (κ1) is 16.5. The van der Waals surface area contributed by atoms with Gasteiger partial charge in [-0.25, -0.2) is 4.79 Å². The Morgan fingerprint density at radius 3 is 2.15 bits per heavy atom. The molecule has 0 aliphatic rings. The Bertz CT molecular complexity index is 415. The van der Waals surface area contributed by atoms with Gasteiger partial charge in [-0.15, -0.1) is 0 Å². The molecule has 1 aromatic carbocycles. The first-order chi connectivity index (χ1) is 9.56. The third kappa shape index (κ3) is 5.24. The van der Waals surface area contributed by atoms with Gasteiger partial charge in [-0.1, -0.05) is 39.0 Å². The molecule has 112 valence electrons. The largest absolute Gasteiger partial charge is 0.493 e. The number of carbonyl (C=O) groups is 1. The summed E-state index contributed by atoms with van der Waals surface area (Å²) >= 11 is 0. The average Bonchev–Trinajstić information content (AvgIpc) is 2.40. The van der Waals surface area contributed by atoms with Crippen molar-refractivity contribution in [1.82, 2.24) is 0 Å². The lowest BCUT2D eigenvalue weighted by Gasteiger charge is -2.13. The zero-order valence-corrected chi connectivity index (χ0v) is 12.9. The predicted molar refractivity (Wildman–Crippen MR) is 81.7 cm³/mol. The van der Waals surface area contributed by atoms with Gasteiger partial charge in [0.25, 0.3) is 0 Å². The number of rotatable bonds is 9. The normalized spacial score (nSPS) is 10.6. The molecule has 0 unspecified atom stereocenters. The Hall–Kier alpha value is -1.51. The minimum atomic E-state index is -0.890. The van der Waals surface area contributed by atoms with E-state index in [9.17, 15) is 4.79 Å². The van der Waals surface area contributed by atoms with E-state index >= 15 is 0 Å². The fourth-order valence-electron chi connectivity index (χ4n) is 2.36. The van der Waals surface area contributed by atoms with E-state index in [1.807, 2.05) is 13.8 Å². The van der Waals surface area contributed by atoms with Gasteiger partial charge < -0.3 is 9.84 Å². The van der Waals surface area contributed by atoms with Crippen molar-refractivity contribution in [3.63, 3.8) is 0 Å². The molecule has 3 nitrogen and oxygen atoms in total. The highest BCUT2D eigenvalue weighted by Gasteiger charge is 2.10. The van der Waals surface area contributed by atoms with Crippen molar-refractivity contribution in [2.24, 2.45) is 0 Å². The summed E-state index contributed by atoms with van der Waals surface area (Å²) in [6, 6.07) is 3.35. The van der Waals surface area contributed by atoms with Crippen molar-refractivity contribution in [3.8, 4) is 5.75 Å². The Balaban J connectivity index is 2.42. The summed E-state index contributed by atoms with van der Waals surface area (Å²) in [5.41, 5.74) is 2.12. The van der Waals surface area contributed by atoms with Gasteiger partial charge in [-0.05, 0) is 43.5 Å². The Morgan fingerprint density at radius 2 is 1.60 bits per heavy atom. The summed E-state index contributed by atoms with van der Waals surface area (Å²) in [4.78, 5) is 11.0. The van der Waals surface area contributed by atoms with E-state index in [1.165, 1.54) is 32.1 Å². The van der Waals surface area contributed by atoms with Crippen LogP contribution in [0.1, 0.15) is 66.9 Å². The summed E-state index contributed by atoms with van der Waals surface area (Å²) in [6.45, 7) is 6.72. The molecule has 0 aliphatic heterocycles. The molecule has 0 aliphatic carbocycles. The molecule has 0 heterocycles. The minimum absolute atomic E-state index is 0.326. The third-order valence-corrected chi connectivity index (χ3v) is 3.45. The van der Waals surface area contributed by atoms with Crippen LogP contribution in [0.25, 0.3) is 0 Å². The quantitative estimate of drug-likeness (QED) is 0.663. The monoisotopic (exact) mass is 278 g/mol. The number of aryl methyl sites for hydroxylation is 2. The highest BCUT2D eigenvalue weighted by molar-refractivity contribution is 5.88. The molecule has 0 saturated carbocycles. The van der Waals surface area contributed by atoms with Crippen molar-refractivity contribution < 1.29 is 14.6 Å². The van der Waals surface area contributed by atoms with Crippen LogP contribution in [-0.2, 0) is 0 Å². The number of ether oxygens (including phenoxy) is 1. The molecule has 0 amide bonds. The second-order valence-corrected chi connectivity index (χ2v) is 5.36. The smallest absolute Gasteiger partial charge is 0.335 e. The fraction of sp³-hybridized carbons (Fsp3) is 0.588. The summed E-state index contributed by atoms with van der Waals surface area (Å²) < 4.78 is 5.82. The van der Waals surface area contributed by atoms with Gasteiger partial charge in [-0.2, -0.15) is 0 Å². The van der Waals surface area contributed by atoms with Gasteiger partial charge in [0.1, 0.15) is 5.75 Å². The first-order valence-electron chi connectivity index (χ1n) is 7.53. The van der Waals surface area contributed by atoms with Gasteiger partial charge in [0.2, 0.25) is 0 Å². The average molecular weight is 278 g/mol. The fourth-order valence-corrected chi connectivity index (χ4v) is 2.36.